The third-order valence-electron chi connectivity index (χ3n) is 3.67. The molecule has 0 unspecified atom stereocenters. The lowest BCUT2D eigenvalue weighted by atomic mass is 9.91. The van der Waals surface area contributed by atoms with Crippen molar-refractivity contribution in [1.29, 1.82) is 0 Å². The van der Waals surface area contributed by atoms with Gasteiger partial charge in [-0.15, -0.1) is 0 Å². The zero-order valence-electron chi connectivity index (χ0n) is 12.8. The van der Waals surface area contributed by atoms with Gasteiger partial charge in [0.2, 0.25) is 0 Å². The Bertz CT molecular complexity index is 534. The van der Waals surface area contributed by atoms with Crippen LogP contribution in [0.4, 0.5) is 10.5 Å². The molecule has 1 fully saturated rings. The lowest BCUT2D eigenvalue weighted by molar-refractivity contribution is 0.0635. The molecule has 1 aromatic carbocycles. The molecule has 0 spiro atoms. The fourth-order valence-electron chi connectivity index (χ4n) is 2.56. The molecule has 4 nitrogen and oxygen atoms in total. The van der Waals surface area contributed by atoms with Crippen LogP contribution in [0, 0.1) is 0 Å². The Labute approximate surface area is 131 Å². The topological polar surface area (TPSA) is 64.3 Å². The summed E-state index contributed by atoms with van der Waals surface area (Å²) in [6.07, 6.45) is 2.60. The Morgan fingerprint density at radius 3 is 2.62 bits per heavy atom. The van der Waals surface area contributed by atoms with Gasteiger partial charge in [0, 0.05) is 10.7 Å². The van der Waals surface area contributed by atoms with Crippen molar-refractivity contribution in [1.82, 2.24) is 0 Å². The molecule has 0 atom stereocenters. The highest BCUT2D eigenvalue weighted by atomic mass is 35.5. The lowest BCUT2D eigenvalue weighted by Crippen LogP contribution is -2.28. The number of hydrogen-bond donors (Lipinski definition) is 2. The zero-order chi connectivity index (χ0) is 15.7. The van der Waals surface area contributed by atoms with E-state index in [1.165, 1.54) is 0 Å². The van der Waals surface area contributed by atoms with Gasteiger partial charge in [0.05, 0.1) is 0 Å². The SMILES string of the molecule is CC(C)(C)OC(=O)Nc1ccc(Cl)cc1C1(CCN)CC1. The molecule has 0 heterocycles. The highest BCUT2D eigenvalue weighted by molar-refractivity contribution is 6.30. The van der Waals surface area contributed by atoms with Crippen molar-refractivity contribution in [3.8, 4) is 0 Å². The van der Waals surface area contributed by atoms with Crippen LogP contribution in [0.2, 0.25) is 5.02 Å². The number of hydrogen-bond acceptors (Lipinski definition) is 3. The van der Waals surface area contributed by atoms with Crippen LogP contribution in [-0.2, 0) is 10.2 Å². The van der Waals surface area contributed by atoms with Crippen molar-refractivity contribution >= 4 is 23.4 Å². The van der Waals surface area contributed by atoms with E-state index in [9.17, 15) is 4.79 Å². The number of halogens is 1. The number of benzene rings is 1. The van der Waals surface area contributed by atoms with E-state index in [0.29, 0.717) is 11.6 Å². The maximum absolute atomic E-state index is 12.0. The summed E-state index contributed by atoms with van der Waals surface area (Å²) in [5.41, 5.74) is 7.08. The molecular weight excluding hydrogens is 288 g/mol. The minimum Gasteiger partial charge on any atom is -0.444 e. The molecular formula is C16H23ClN2O2. The third kappa shape index (κ3) is 4.11. The average Bonchev–Trinajstić information content (AvgIpc) is 3.10. The predicted octanol–water partition coefficient (Wildman–Crippen LogP) is 4.07. The molecule has 1 aliphatic rings. The van der Waals surface area contributed by atoms with E-state index in [4.69, 9.17) is 22.1 Å². The zero-order valence-corrected chi connectivity index (χ0v) is 13.6. The van der Waals surface area contributed by atoms with Gasteiger partial charge < -0.3 is 10.5 Å². The van der Waals surface area contributed by atoms with Crippen LogP contribution in [-0.4, -0.2) is 18.2 Å². The van der Waals surface area contributed by atoms with Crippen LogP contribution in [0.3, 0.4) is 0 Å². The summed E-state index contributed by atoms with van der Waals surface area (Å²) < 4.78 is 5.31. The van der Waals surface area contributed by atoms with Crippen molar-refractivity contribution in [2.75, 3.05) is 11.9 Å². The molecule has 5 heteroatoms. The van der Waals surface area contributed by atoms with Crippen LogP contribution in [0.1, 0.15) is 45.6 Å². The lowest BCUT2D eigenvalue weighted by Gasteiger charge is -2.23. The quantitative estimate of drug-likeness (QED) is 0.881. The van der Waals surface area contributed by atoms with E-state index in [2.05, 4.69) is 5.32 Å². The van der Waals surface area contributed by atoms with E-state index >= 15 is 0 Å². The van der Waals surface area contributed by atoms with Crippen LogP contribution < -0.4 is 11.1 Å². The van der Waals surface area contributed by atoms with Gasteiger partial charge in [-0.3, -0.25) is 5.32 Å². The van der Waals surface area contributed by atoms with E-state index in [1.807, 2.05) is 32.9 Å². The van der Waals surface area contributed by atoms with Gasteiger partial charge in [0.25, 0.3) is 0 Å². The van der Waals surface area contributed by atoms with E-state index in [-0.39, 0.29) is 5.41 Å². The van der Waals surface area contributed by atoms with Crippen LogP contribution in [0.5, 0.6) is 0 Å². The van der Waals surface area contributed by atoms with E-state index in [1.54, 1.807) is 6.07 Å². The molecule has 2 rings (SSSR count). The predicted molar refractivity (Wildman–Crippen MR) is 85.9 cm³/mol. The number of carbonyl (C=O) groups is 1. The Morgan fingerprint density at radius 1 is 1.43 bits per heavy atom. The number of ether oxygens (including phenoxy) is 1. The smallest absolute Gasteiger partial charge is 0.412 e. The first kappa shape index (κ1) is 16.1. The van der Waals surface area contributed by atoms with Crippen LogP contribution >= 0.6 is 11.6 Å². The molecule has 21 heavy (non-hydrogen) atoms. The fraction of sp³-hybridized carbons (Fsp3) is 0.562. The summed E-state index contributed by atoms with van der Waals surface area (Å²) in [5, 5.41) is 3.51. The Hall–Kier alpha value is -1.26. The van der Waals surface area contributed by atoms with E-state index in [0.717, 1.165) is 30.5 Å². The number of nitrogens with one attached hydrogen (secondary N) is 1. The second kappa shape index (κ2) is 5.85. The molecule has 1 saturated carbocycles. The minimum atomic E-state index is -0.523. The van der Waals surface area contributed by atoms with Crippen molar-refractivity contribution in [2.45, 2.75) is 51.0 Å². The maximum atomic E-state index is 12.0. The normalized spacial score (nSPS) is 16.4. The number of amides is 1. The van der Waals surface area contributed by atoms with Crippen molar-refractivity contribution in [3.63, 3.8) is 0 Å². The van der Waals surface area contributed by atoms with Gasteiger partial charge in [-0.1, -0.05) is 11.6 Å². The maximum Gasteiger partial charge on any atom is 0.412 e. The van der Waals surface area contributed by atoms with Crippen LogP contribution in [0.25, 0.3) is 0 Å². The first-order valence-electron chi connectivity index (χ1n) is 7.26. The van der Waals surface area contributed by atoms with Crippen molar-refractivity contribution < 1.29 is 9.53 Å². The van der Waals surface area contributed by atoms with Crippen LogP contribution in [0.15, 0.2) is 18.2 Å². The number of nitrogens with two attached hydrogens (primary N) is 1. The Kier molecular flexibility index (Phi) is 4.49. The molecule has 0 aliphatic heterocycles. The summed E-state index contributed by atoms with van der Waals surface area (Å²) in [7, 11) is 0. The summed E-state index contributed by atoms with van der Waals surface area (Å²) in [6.45, 7) is 6.14. The molecule has 1 aromatic rings. The minimum absolute atomic E-state index is 0.0595. The molecule has 3 N–H and O–H groups in total. The van der Waals surface area contributed by atoms with Gasteiger partial charge in [-0.2, -0.15) is 0 Å². The Balaban J connectivity index is 2.22. The van der Waals surface area contributed by atoms with Gasteiger partial charge >= 0.3 is 6.09 Å². The second-order valence-electron chi connectivity index (χ2n) is 6.64. The van der Waals surface area contributed by atoms with Gasteiger partial charge in [-0.25, -0.2) is 4.79 Å². The van der Waals surface area contributed by atoms with Crippen molar-refractivity contribution in [2.24, 2.45) is 5.73 Å². The summed E-state index contributed by atoms with van der Waals surface area (Å²) in [5.74, 6) is 0. The summed E-state index contributed by atoms with van der Waals surface area (Å²) in [6, 6.07) is 5.53. The average molecular weight is 311 g/mol. The van der Waals surface area contributed by atoms with Gasteiger partial charge in [0.1, 0.15) is 5.60 Å². The number of carbonyl (C=O) groups excluding carboxylic acids is 1. The highest BCUT2D eigenvalue weighted by Gasteiger charge is 2.45. The fourth-order valence-corrected chi connectivity index (χ4v) is 2.73. The third-order valence-corrected chi connectivity index (χ3v) is 3.90. The number of rotatable bonds is 4. The molecule has 1 amide bonds. The number of anilines is 1. The first-order chi connectivity index (χ1) is 9.76. The second-order valence-corrected chi connectivity index (χ2v) is 7.07. The molecule has 116 valence electrons. The van der Waals surface area contributed by atoms with Gasteiger partial charge in [-0.05, 0) is 75.8 Å². The monoisotopic (exact) mass is 310 g/mol. The Morgan fingerprint density at radius 2 is 2.10 bits per heavy atom. The van der Waals surface area contributed by atoms with Gasteiger partial charge in [0.15, 0.2) is 0 Å². The molecule has 0 saturated heterocycles. The van der Waals surface area contributed by atoms with Crippen molar-refractivity contribution in [3.05, 3.63) is 28.8 Å². The summed E-state index contributed by atoms with van der Waals surface area (Å²) >= 11 is 6.12. The standard InChI is InChI=1S/C16H23ClN2O2/c1-15(2,3)21-14(20)19-13-5-4-11(17)10-12(13)16(6-7-16)8-9-18/h4-5,10H,6-9,18H2,1-3H3,(H,19,20). The largest absolute Gasteiger partial charge is 0.444 e. The summed E-state index contributed by atoms with van der Waals surface area (Å²) in [4.78, 5) is 12.0. The molecule has 0 bridgehead atoms. The van der Waals surface area contributed by atoms with E-state index < -0.39 is 11.7 Å². The first-order valence-corrected chi connectivity index (χ1v) is 7.64. The molecule has 0 aromatic heterocycles. The highest BCUT2D eigenvalue weighted by Crippen LogP contribution is 2.53. The molecule has 0 radical (unpaired) electrons. The molecule has 1 aliphatic carbocycles.